The van der Waals surface area contributed by atoms with E-state index in [4.69, 9.17) is 10.5 Å². The molecule has 1 fully saturated rings. The number of amides is 1. The molecule has 0 aromatic heterocycles. The van der Waals surface area contributed by atoms with Crippen LogP contribution in [-0.2, 0) is 4.74 Å². The Morgan fingerprint density at radius 3 is 2.40 bits per heavy atom. The van der Waals surface area contributed by atoms with Gasteiger partial charge in [-0.2, -0.15) is 0 Å². The lowest BCUT2D eigenvalue weighted by Crippen LogP contribution is -2.36. The zero-order valence-corrected chi connectivity index (χ0v) is 9.01. The third kappa shape index (κ3) is 2.77. The molecule has 0 aromatic carbocycles. The summed E-state index contributed by atoms with van der Waals surface area (Å²) in [5.74, 6) is -3.86. The molecule has 0 spiro atoms. The fourth-order valence-corrected chi connectivity index (χ4v) is 1.31. The van der Waals surface area contributed by atoms with Crippen molar-refractivity contribution in [2.75, 3.05) is 6.54 Å². The van der Waals surface area contributed by atoms with Crippen LogP contribution in [0.4, 0.5) is 13.6 Å². The Labute approximate surface area is 87.1 Å². The lowest BCUT2D eigenvalue weighted by Gasteiger charge is -2.19. The van der Waals surface area contributed by atoms with Crippen molar-refractivity contribution in [2.45, 2.75) is 38.3 Å². The van der Waals surface area contributed by atoms with Crippen LogP contribution < -0.4 is 11.1 Å². The summed E-state index contributed by atoms with van der Waals surface area (Å²) in [7, 11) is 0. The molecule has 1 amide bonds. The van der Waals surface area contributed by atoms with Gasteiger partial charge in [-0.1, -0.05) is 0 Å². The predicted molar refractivity (Wildman–Crippen MR) is 50.6 cm³/mol. The molecule has 0 saturated heterocycles. The Morgan fingerprint density at radius 2 is 2.07 bits per heavy atom. The summed E-state index contributed by atoms with van der Waals surface area (Å²) in [6.45, 7) is 4.85. The van der Waals surface area contributed by atoms with Crippen molar-refractivity contribution in [3.8, 4) is 0 Å². The van der Waals surface area contributed by atoms with Crippen molar-refractivity contribution < 1.29 is 18.3 Å². The average molecular weight is 222 g/mol. The quantitative estimate of drug-likeness (QED) is 0.735. The van der Waals surface area contributed by atoms with Crippen LogP contribution in [0.2, 0.25) is 0 Å². The van der Waals surface area contributed by atoms with E-state index in [2.05, 4.69) is 5.32 Å². The smallest absolute Gasteiger partial charge is 0.408 e. The van der Waals surface area contributed by atoms with Crippen LogP contribution in [0.25, 0.3) is 0 Å². The second-order valence-electron chi connectivity index (χ2n) is 4.64. The third-order valence-electron chi connectivity index (χ3n) is 2.13. The maximum Gasteiger partial charge on any atom is 0.408 e. The van der Waals surface area contributed by atoms with E-state index in [9.17, 15) is 13.6 Å². The van der Waals surface area contributed by atoms with E-state index >= 15 is 0 Å². The van der Waals surface area contributed by atoms with Gasteiger partial charge in [-0.15, -0.1) is 0 Å². The maximum atomic E-state index is 12.9. The van der Waals surface area contributed by atoms with Crippen LogP contribution in [0.15, 0.2) is 0 Å². The van der Waals surface area contributed by atoms with Gasteiger partial charge in [-0.3, -0.25) is 0 Å². The maximum absolute atomic E-state index is 12.9. The minimum Gasteiger partial charge on any atom is -0.444 e. The Hall–Kier alpha value is -0.910. The molecule has 1 rings (SSSR count). The summed E-state index contributed by atoms with van der Waals surface area (Å²) in [5, 5.41) is 2.11. The van der Waals surface area contributed by atoms with Crippen LogP contribution in [-0.4, -0.2) is 30.2 Å². The average Bonchev–Trinajstić information content (AvgIpc) is 2.48. The predicted octanol–water partition coefficient (Wildman–Crippen LogP) is 1.10. The lowest BCUT2D eigenvalue weighted by atomic mass is 10.2. The normalized spacial score (nSPS) is 28.4. The van der Waals surface area contributed by atoms with E-state index in [0.29, 0.717) is 0 Å². The van der Waals surface area contributed by atoms with Gasteiger partial charge in [0.25, 0.3) is 5.92 Å². The molecule has 0 heterocycles. The zero-order valence-electron chi connectivity index (χ0n) is 9.01. The van der Waals surface area contributed by atoms with E-state index in [1.807, 2.05) is 0 Å². The van der Waals surface area contributed by atoms with Crippen molar-refractivity contribution >= 4 is 6.09 Å². The SMILES string of the molecule is CC(C)(C)OC(=O)NC1C(CN)C1(F)F. The minimum atomic E-state index is -2.90. The molecule has 0 radical (unpaired) electrons. The minimum absolute atomic E-state index is 0.145. The second kappa shape index (κ2) is 3.59. The highest BCUT2D eigenvalue weighted by molar-refractivity contribution is 5.69. The summed E-state index contributed by atoms with van der Waals surface area (Å²) in [6, 6.07) is -1.18. The van der Waals surface area contributed by atoms with Crippen molar-refractivity contribution in [1.29, 1.82) is 0 Å². The van der Waals surface area contributed by atoms with Gasteiger partial charge in [0.1, 0.15) is 11.6 Å². The second-order valence-corrected chi connectivity index (χ2v) is 4.64. The molecular formula is C9H16F2N2O2. The number of alkyl halides is 2. The van der Waals surface area contributed by atoms with Gasteiger partial charge in [-0.05, 0) is 20.8 Å². The Bertz CT molecular complexity index is 263. The number of carbonyl (C=O) groups excluding carboxylic acids is 1. The first-order valence-corrected chi connectivity index (χ1v) is 4.76. The van der Waals surface area contributed by atoms with Crippen LogP contribution in [0, 0.1) is 5.92 Å². The summed E-state index contributed by atoms with van der Waals surface area (Å²) in [4.78, 5) is 11.2. The Kier molecular flexibility index (Phi) is 2.91. The highest BCUT2D eigenvalue weighted by Crippen LogP contribution is 2.48. The van der Waals surface area contributed by atoms with Crippen LogP contribution in [0.5, 0.6) is 0 Å². The molecule has 6 heteroatoms. The number of hydrogen-bond donors (Lipinski definition) is 2. The van der Waals surface area contributed by atoms with Crippen molar-refractivity contribution in [3.63, 3.8) is 0 Å². The Morgan fingerprint density at radius 1 is 1.53 bits per heavy atom. The summed E-state index contributed by atoms with van der Waals surface area (Å²) < 4.78 is 30.7. The first-order valence-electron chi connectivity index (χ1n) is 4.76. The fraction of sp³-hybridized carbons (Fsp3) is 0.889. The summed E-state index contributed by atoms with van der Waals surface area (Å²) in [5.41, 5.74) is 4.44. The van der Waals surface area contributed by atoms with Crippen LogP contribution in [0.1, 0.15) is 20.8 Å². The Balaban J connectivity index is 2.42. The van der Waals surface area contributed by atoms with Gasteiger partial charge < -0.3 is 15.8 Å². The van der Waals surface area contributed by atoms with E-state index < -0.39 is 29.6 Å². The van der Waals surface area contributed by atoms with Crippen LogP contribution in [0.3, 0.4) is 0 Å². The standard InChI is InChI=1S/C9H16F2N2O2/c1-8(2,3)15-7(14)13-6-5(4-12)9(6,10)11/h5-6H,4,12H2,1-3H3,(H,13,14). The lowest BCUT2D eigenvalue weighted by molar-refractivity contribution is 0.0459. The van der Waals surface area contributed by atoms with Crippen molar-refractivity contribution in [3.05, 3.63) is 0 Å². The molecule has 2 atom stereocenters. The van der Waals surface area contributed by atoms with Crippen molar-refractivity contribution in [1.82, 2.24) is 5.32 Å². The summed E-state index contributed by atoms with van der Waals surface area (Å²) >= 11 is 0. The number of halogens is 2. The van der Waals surface area contributed by atoms with Gasteiger partial charge in [0, 0.05) is 6.54 Å². The number of nitrogens with two attached hydrogens (primary N) is 1. The molecule has 1 aliphatic carbocycles. The highest BCUT2D eigenvalue weighted by Gasteiger charge is 2.68. The van der Waals surface area contributed by atoms with Crippen LogP contribution >= 0.6 is 0 Å². The van der Waals surface area contributed by atoms with Gasteiger partial charge in [0.05, 0.1) is 5.92 Å². The number of alkyl carbamates (subject to hydrolysis) is 1. The van der Waals surface area contributed by atoms with E-state index in [1.54, 1.807) is 20.8 Å². The van der Waals surface area contributed by atoms with E-state index in [1.165, 1.54) is 0 Å². The summed E-state index contributed by atoms with van der Waals surface area (Å²) in [6.07, 6.45) is -0.830. The molecule has 1 saturated carbocycles. The first-order chi connectivity index (χ1) is 6.68. The molecule has 1 aliphatic rings. The van der Waals surface area contributed by atoms with Gasteiger partial charge in [0.15, 0.2) is 0 Å². The highest BCUT2D eigenvalue weighted by atomic mass is 19.3. The molecule has 3 N–H and O–H groups in total. The number of carbonyl (C=O) groups is 1. The van der Waals surface area contributed by atoms with Gasteiger partial charge in [-0.25, -0.2) is 13.6 Å². The topological polar surface area (TPSA) is 64.3 Å². The molecule has 0 bridgehead atoms. The molecule has 0 aliphatic heterocycles. The molecular weight excluding hydrogens is 206 g/mol. The third-order valence-corrected chi connectivity index (χ3v) is 2.13. The van der Waals surface area contributed by atoms with Gasteiger partial charge >= 0.3 is 6.09 Å². The van der Waals surface area contributed by atoms with Crippen molar-refractivity contribution in [2.24, 2.45) is 11.7 Å². The first kappa shape index (κ1) is 12.2. The number of rotatable bonds is 2. The largest absolute Gasteiger partial charge is 0.444 e. The number of nitrogens with one attached hydrogen (secondary N) is 1. The zero-order chi connectivity index (χ0) is 11.9. The fourth-order valence-electron chi connectivity index (χ4n) is 1.31. The monoisotopic (exact) mass is 222 g/mol. The van der Waals surface area contributed by atoms with Gasteiger partial charge in [0.2, 0.25) is 0 Å². The number of hydrogen-bond acceptors (Lipinski definition) is 3. The number of ether oxygens (including phenoxy) is 1. The van der Waals surface area contributed by atoms with E-state index in [0.717, 1.165) is 0 Å². The molecule has 4 nitrogen and oxygen atoms in total. The molecule has 88 valence electrons. The molecule has 15 heavy (non-hydrogen) atoms. The molecule has 0 aromatic rings. The van der Waals surface area contributed by atoms with E-state index in [-0.39, 0.29) is 6.54 Å². The molecule has 2 unspecified atom stereocenters.